The van der Waals surface area contributed by atoms with Crippen LogP contribution in [0.25, 0.3) is 0 Å². The van der Waals surface area contributed by atoms with Gasteiger partial charge in [0, 0.05) is 18.5 Å². The Kier molecular flexibility index (Phi) is 5.12. The van der Waals surface area contributed by atoms with Crippen molar-refractivity contribution in [2.24, 2.45) is 0 Å². The number of hydrogen-bond acceptors (Lipinski definition) is 2. The summed E-state index contributed by atoms with van der Waals surface area (Å²) in [6, 6.07) is 12.6. The summed E-state index contributed by atoms with van der Waals surface area (Å²) >= 11 is 0. The molecule has 0 spiro atoms. The predicted octanol–water partition coefficient (Wildman–Crippen LogP) is 2.64. The van der Waals surface area contributed by atoms with E-state index in [9.17, 15) is 0 Å². The highest BCUT2D eigenvalue weighted by Crippen LogP contribution is 2.13. The molecule has 1 aromatic rings. The SMILES string of the molecule is C#CCC(CC#N)NC(C)c1ccccc1. The van der Waals surface area contributed by atoms with Crippen molar-refractivity contribution in [3.05, 3.63) is 35.9 Å². The Morgan fingerprint density at radius 3 is 2.56 bits per heavy atom. The molecule has 0 aliphatic rings. The molecule has 0 heterocycles. The maximum absolute atomic E-state index is 8.69. The summed E-state index contributed by atoms with van der Waals surface area (Å²) in [5, 5.41) is 12.1. The third kappa shape index (κ3) is 3.77. The Morgan fingerprint density at radius 1 is 1.31 bits per heavy atom. The first-order valence-corrected chi connectivity index (χ1v) is 5.39. The molecule has 0 bridgehead atoms. The van der Waals surface area contributed by atoms with Crippen LogP contribution >= 0.6 is 0 Å². The summed E-state index contributed by atoms with van der Waals surface area (Å²) in [7, 11) is 0. The minimum Gasteiger partial charge on any atom is -0.305 e. The first kappa shape index (κ1) is 12.3. The molecule has 0 amide bonds. The summed E-state index contributed by atoms with van der Waals surface area (Å²) in [4.78, 5) is 0. The Bertz CT molecular complexity index is 367. The Balaban J connectivity index is 2.59. The first-order valence-electron chi connectivity index (χ1n) is 5.39. The summed E-state index contributed by atoms with van der Waals surface area (Å²) in [6.45, 7) is 2.08. The largest absolute Gasteiger partial charge is 0.305 e. The zero-order valence-electron chi connectivity index (χ0n) is 9.48. The third-order valence-electron chi connectivity index (χ3n) is 2.49. The van der Waals surface area contributed by atoms with Crippen molar-refractivity contribution in [1.29, 1.82) is 5.26 Å². The Hall–Kier alpha value is -1.77. The van der Waals surface area contributed by atoms with E-state index in [1.807, 2.05) is 18.2 Å². The first-order chi connectivity index (χ1) is 7.77. The van der Waals surface area contributed by atoms with Crippen molar-refractivity contribution in [2.45, 2.75) is 31.8 Å². The number of benzene rings is 1. The second kappa shape index (κ2) is 6.67. The number of nitrogens with one attached hydrogen (secondary N) is 1. The molecular formula is C14H16N2. The quantitative estimate of drug-likeness (QED) is 0.762. The fourth-order valence-electron chi connectivity index (χ4n) is 1.63. The molecule has 1 rings (SSSR count). The number of terminal acetylenes is 1. The Labute approximate surface area is 97.3 Å². The molecule has 0 fully saturated rings. The van der Waals surface area contributed by atoms with E-state index in [0.717, 1.165) is 0 Å². The van der Waals surface area contributed by atoms with E-state index in [4.69, 9.17) is 11.7 Å². The molecule has 0 radical (unpaired) electrons. The monoisotopic (exact) mass is 212 g/mol. The molecule has 2 atom stereocenters. The molecule has 1 aromatic carbocycles. The normalized spacial score (nSPS) is 13.4. The molecule has 0 aliphatic carbocycles. The molecule has 0 aromatic heterocycles. The van der Waals surface area contributed by atoms with Crippen molar-refractivity contribution in [3.8, 4) is 18.4 Å². The van der Waals surface area contributed by atoms with Crippen LogP contribution in [-0.2, 0) is 0 Å². The van der Waals surface area contributed by atoms with Gasteiger partial charge in [-0.2, -0.15) is 5.26 Å². The van der Waals surface area contributed by atoms with Crippen LogP contribution in [0.1, 0.15) is 31.4 Å². The molecule has 2 unspecified atom stereocenters. The van der Waals surface area contributed by atoms with Crippen LogP contribution < -0.4 is 5.32 Å². The van der Waals surface area contributed by atoms with Gasteiger partial charge in [0.25, 0.3) is 0 Å². The van der Waals surface area contributed by atoms with Crippen LogP contribution in [0.2, 0.25) is 0 Å². The van der Waals surface area contributed by atoms with E-state index in [1.165, 1.54) is 5.56 Å². The zero-order valence-corrected chi connectivity index (χ0v) is 9.48. The Morgan fingerprint density at radius 2 is 2.00 bits per heavy atom. The van der Waals surface area contributed by atoms with Crippen LogP contribution in [0.4, 0.5) is 0 Å². The predicted molar refractivity (Wildman–Crippen MR) is 65.5 cm³/mol. The van der Waals surface area contributed by atoms with Gasteiger partial charge in [0.2, 0.25) is 0 Å². The molecule has 0 saturated carbocycles. The molecule has 82 valence electrons. The molecule has 0 saturated heterocycles. The fraction of sp³-hybridized carbons (Fsp3) is 0.357. The van der Waals surface area contributed by atoms with Crippen LogP contribution in [0.15, 0.2) is 30.3 Å². The lowest BCUT2D eigenvalue weighted by atomic mass is 10.1. The van der Waals surface area contributed by atoms with Crippen molar-refractivity contribution < 1.29 is 0 Å². The van der Waals surface area contributed by atoms with Crippen LogP contribution in [-0.4, -0.2) is 6.04 Å². The number of nitrogens with zero attached hydrogens (tertiary/aromatic N) is 1. The average molecular weight is 212 g/mol. The number of hydrogen-bond donors (Lipinski definition) is 1. The molecule has 2 heteroatoms. The van der Waals surface area contributed by atoms with Crippen molar-refractivity contribution in [1.82, 2.24) is 5.32 Å². The van der Waals surface area contributed by atoms with E-state index < -0.39 is 0 Å². The van der Waals surface area contributed by atoms with E-state index >= 15 is 0 Å². The molecule has 16 heavy (non-hydrogen) atoms. The van der Waals surface area contributed by atoms with Gasteiger partial charge in [-0.15, -0.1) is 12.3 Å². The lowest BCUT2D eigenvalue weighted by Crippen LogP contribution is -2.30. The summed E-state index contributed by atoms with van der Waals surface area (Å²) in [5.74, 6) is 2.60. The van der Waals surface area contributed by atoms with Crippen LogP contribution in [0, 0.1) is 23.7 Å². The minimum atomic E-state index is 0.0743. The zero-order chi connectivity index (χ0) is 11.8. The smallest absolute Gasteiger partial charge is 0.0638 e. The van der Waals surface area contributed by atoms with Gasteiger partial charge >= 0.3 is 0 Å². The topological polar surface area (TPSA) is 35.8 Å². The van der Waals surface area contributed by atoms with Gasteiger partial charge < -0.3 is 5.32 Å². The highest BCUT2D eigenvalue weighted by atomic mass is 14.9. The second-order valence-electron chi connectivity index (χ2n) is 3.77. The van der Waals surface area contributed by atoms with Gasteiger partial charge in [-0.3, -0.25) is 0 Å². The van der Waals surface area contributed by atoms with Crippen molar-refractivity contribution >= 4 is 0 Å². The van der Waals surface area contributed by atoms with Crippen LogP contribution in [0.3, 0.4) is 0 Å². The van der Waals surface area contributed by atoms with E-state index in [1.54, 1.807) is 0 Å². The lowest BCUT2D eigenvalue weighted by Gasteiger charge is -2.20. The maximum atomic E-state index is 8.69. The van der Waals surface area contributed by atoms with Gasteiger partial charge in [0.05, 0.1) is 12.5 Å². The fourth-order valence-corrected chi connectivity index (χ4v) is 1.63. The van der Waals surface area contributed by atoms with Gasteiger partial charge in [-0.05, 0) is 12.5 Å². The molecule has 1 N–H and O–H groups in total. The molecular weight excluding hydrogens is 196 g/mol. The van der Waals surface area contributed by atoms with Gasteiger partial charge in [0.1, 0.15) is 0 Å². The summed E-state index contributed by atoms with van der Waals surface area (Å²) < 4.78 is 0. The standard InChI is InChI=1S/C14H16N2/c1-3-7-14(10-11-15)16-12(2)13-8-5-4-6-9-13/h1,4-6,8-9,12,14,16H,7,10H2,2H3. The highest BCUT2D eigenvalue weighted by molar-refractivity contribution is 5.18. The minimum absolute atomic E-state index is 0.0743. The molecule has 2 nitrogen and oxygen atoms in total. The molecule has 0 aliphatic heterocycles. The summed E-state index contributed by atoms with van der Waals surface area (Å²) in [5.41, 5.74) is 1.21. The number of rotatable bonds is 5. The van der Waals surface area contributed by atoms with E-state index in [0.29, 0.717) is 12.8 Å². The lowest BCUT2D eigenvalue weighted by molar-refractivity contribution is 0.465. The van der Waals surface area contributed by atoms with E-state index in [2.05, 4.69) is 36.4 Å². The van der Waals surface area contributed by atoms with Gasteiger partial charge in [-0.1, -0.05) is 30.3 Å². The maximum Gasteiger partial charge on any atom is 0.0638 e. The second-order valence-corrected chi connectivity index (χ2v) is 3.77. The van der Waals surface area contributed by atoms with Gasteiger partial charge in [0.15, 0.2) is 0 Å². The van der Waals surface area contributed by atoms with Crippen molar-refractivity contribution in [3.63, 3.8) is 0 Å². The summed E-state index contributed by atoms with van der Waals surface area (Å²) in [6.07, 6.45) is 6.31. The van der Waals surface area contributed by atoms with E-state index in [-0.39, 0.29) is 12.1 Å². The third-order valence-corrected chi connectivity index (χ3v) is 2.49. The van der Waals surface area contributed by atoms with Crippen LogP contribution in [0.5, 0.6) is 0 Å². The highest BCUT2D eigenvalue weighted by Gasteiger charge is 2.11. The van der Waals surface area contributed by atoms with Crippen molar-refractivity contribution in [2.75, 3.05) is 0 Å². The van der Waals surface area contributed by atoms with Gasteiger partial charge in [-0.25, -0.2) is 0 Å². The average Bonchev–Trinajstić information content (AvgIpc) is 2.31. The number of nitriles is 1.